The average molecular weight is 294 g/mol. The molecule has 2 aromatic carbocycles. The van der Waals surface area contributed by atoms with Crippen LogP contribution in [0.3, 0.4) is 0 Å². The highest BCUT2D eigenvalue weighted by atomic mass is 35.5. The van der Waals surface area contributed by atoms with E-state index in [1.807, 2.05) is 18.2 Å². The van der Waals surface area contributed by atoms with Crippen LogP contribution in [-0.4, -0.2) is 11.1 Å². The van der Waals surface area contributed by atoms with Crippen molar-refractivity contribution in [2.24, 2.45) is 0 Å². The van der Waals surface area contributed by atoms with Crippen LogP contribution in [0, 0.1) is 5.82 Å². The van der Waals surface area contributed by atoms with Gasteiger partial charge in [0.2, 0.25) is 0 Å². The Hall–Kier alpha value is -1.91. The number of halogens is 2. The van der Waals surface area contributed by atoms with E-state index in [4.69, 9.17) is 16.7 Å². The van der Waals surface area contributed by atoms with Gasteiger partial charge in [-0.25, -0.2) is 9.18 Å². The van der Waals surface area contributed by atoms with Crippen LogP contribution in [0.4, 0.5) is 4.39 Å². The third kappa shape index (κ3) is 3.79. The van der Waals surface area contributed by atoms with E-state index in [2.05, 4.69) is 5.32 Å². The molecule has 0 saturated carbocycles. The smallest absolute Gasteiger partial charge is 0.335 e. The van der Waals surface area contributed by atoms with Gasteiger partial charge in [-0.3, -0.25) is 0 Å². The first-order valence-corrected chi connectivity index (χ1v) is 6.41. The van der Waals surface area contributed by atoms with Crippen molar-refractivity contribution in [3.05, 3.63) is 70.0 Å². The number of benzene rings is 2. The number of aromatic carboxylic acids is 1. The summed E-state index contributed by atoms with van der Waals surface area (Å²) in [6, 6.07) is 11.1. The Balaban J connectivity index is 2.00. The monoisotopic (exact) mass is 293 g/mol. The van der Waals surface area contributed by atoms with Crippen LogP contribution in [-0.2, 0) is 13.1 Å². The fourth-order valence-corrected chi connectivity index (χ4v) is 2.04. The van der Waals surface area contributed by atoms with E-state index in [9.17, 15) is 9.18 Å². The first-order chi connectivity index (χ1) is 9.56. The molecule has 2 N–H and O–H groups in total. The van der Waals surface area contributed by atoms with E-state index in [-0.39, 0.29) is 12.1 Å². The summed E-state index contributed by atoms with van der Waals surface area (Å²) >= 11 is 5.87. The molecule has 0 saturated heterocycles. The molecule has 5 heteroatoms. The van der Waals surface area contributed by atoms with Crippen LogP contribution in [0.5, 0.6) is 0 Å². The predicted molar refractivity (Wildman–Crippen MR) is 75.4 cm³/mol. The highest BCUT2D eigenvalue weighted by Crippen LogP contribution is 2.12. The second kappa shape index (κ2) is 6.50. The summed E-state index contributed by atoms with van der Waals surface area (Å²) in [6.45, 7) is 0.775. The lowest BCUT2D eigenvalue weighted by molar-refractivity contribution is 0.0696. The summed E-state index contributed by atoms with van der Waals surface area (Å²) in [5.41, 5.74) is 1.38. The van der Waals surface area contributed by atoms with Crippen molar-refractivity contribution in [2.75, 3.05) is 0 Å². The molecule has 0 aliphatic carbocycles. The molecule has 2 aromatic rings. The highest BCUT2D eigenvalue weighted by molar-refractivity contribution is 6.30. The minimum atomic E-state index is -1.07. The van der Waals surface area contributed by atoms with Crippen molar-refractivity contribution in [3.63, 3.8) is 0 Å². The zero-order chi connectivity index (χ0) is 14.5. The summed E-state index contributed by atoms with van der Waals surface area (Å²) in [5, 5.41) is 12.6. The highest BCUT2D eigenvalue weighted by Gasteiger charge is 2.08. The molecule has 0 fully saturated rings. The molecule has 2 rings (SSSR count). The lowest BCUT2D eigenvalue weighted by Crippen LogP contribution is -2.14. The Kier molecular flexibility index (Phi) is 4.71. The molecule has 0 spiro atoms. The van der Waals surface area contributed by atoms with Crippen LogP contribution in [0.25, 0.3) is 0 Å². The number of rotatable bonds is 5. The van der Waals surface area contributed by atoms with Gasteiger partial charge in [0, 0.05) is 23.7 Å². The van der Waals surface area contributed by atoms with Crippen LogP contribution in [0.1, 0.15) is 21.5 Å². The first kappa shape index (κ1) is 14.5. The van der Waals surface area contributed by atoms with Gasteiger partial charge >= 0.3 is 5.97 Å². The van der Waals surface area contributed by atoms with Gasteiger partial charge in [0.25, 0.3) is 0 Å². The summed E-state index contributed by atoms with van der Waals surface area (Å²) in [4.78, 5) is 10.8. The number of carboxylic acid groups (broad SMARTS) is 1. The van der Waals surface area contributed by atoms with Gasteiger partial charge in [-0.1, -0.05) is 23.7 Å². The Morgan fingerprint density at radius 1 is 1.20 bits per heavy atom. The number of hydrogen-bond donors (Lipinski definition) is 2. The van der Waals surface area contributed by atoms with Crippen LogP contribution in [0.2, 0.25) is 5.02 Å². The molecule has 0 atom stereocenters. The Morgan fingerprint density at radius 3 is 2.70 bits per heavy atom. The molecule has 3 nitrogen and oxygen atoms in total. The number of carboxylic acids is 1. The zero-order valence-electron chi connectivity index (χ0n) is 10.6. The van der Waals surface area contributed by atoms with E-state index in [1.54, 1.807) is 6.07 Å². The lowest BCUT2D eigenvalue weighted by Gasteiger charge is -2.07. The van der Waals surface area contributed by atoms with Crippen molar-refractivity contribution in [2.45, 2.75) is 13.1 Å². The molecular formula is C15H13ClFNO2. The van der Waals surface area contributed by atoms with E-state index >= 15 is 0 Å². The quantitative estimate of drug-likeness (QED) is 0.887. The van der Waals surface area contributed by atoms with Crippen molar-refractivity contribution >= 4 is 17.6 Å². The maximum absolute atomic E-state index is 13.6. The maximum Gasteiger partial charge on any atom is 0.335 e. The molecule has 0 aliphatic heterocycles. The molecule has 0 heterocycles. The van der Waals surface area contributed by atoms with Crippen LogP contribution >= 0.6 is 11.6 Å². The zero-order valence-corrected chi connectivity index (χ0v) is 11.3. The summed E-state index contributed by atoms with van der Waals surface area (Å²) < 4.78 is 13.6. The van der Waals surface area contributed by atoms with Gasteiger partial charge < -0.3 is 10.4 Å². The molecular weight excluding hydrogens is 281 g/mol. The van der Waals surface area contributed by atoms with Crippen molar-refractivity contribution < 1.29 is 14.3 Å². The minimum absolute atomic E-state index is 0.0750. The third-order valence-corrected chi connectivity index (χ3v) is 3.06. The maximum atomic E-state index is 13.6. The molecule has 0 aliphatic rings. The minimum Gasteiger partial charge on any atom is -0.478 e. The molecule has 20 heavy (non-hydrogen) atoms. The van der Waals surface area contributed by atoms with Crippen molar-refractivity contribution in [1.82, 2.24) is 5.32 Å². The van der Waals surface area contributed by atoms with E-state index in [0.29, 0.717) is 17.1 Å². The molecule has 0 bridgehead atoms. The Morgan fingerprint density at radius 2 is 2.00 bits per heavy atom. The number of hydrogen-bond acceptors (Lipinski definition) is 2. The SMILES string of the molecule is O=C(O)c1ccc(F)c(CNCc2cccc(Cl)c2)c1. The van der Waals surface area contributed by atoms with Gasteiger partial charge in [0.15, 0.2) is 0 Å². The van der Waals surface area contributed by atoms with Gasteiger partial charge in [-0.05, 0) is 35.9 Å². The Labute approximate surface area is 121 Å². The molecule has 104 valence electrons. The predicted octanol–water partition coefficient (Wildman–Crippen LogP) is 3.47. The fraction of sp³-hybridized carbons (Fsp3) is 0.133. The summed E-state index contributed by atoms with van der Waals surface area (Å²) in [7, 11) is 0. The molecule has 0 aromatic heterocycles. The van der Waals surface area contributed by atoms with Gasteiger partial charge in [-0.15, -0.1) is 0 Å². The van der Waals surface area contributed by atoms with E-state index in [0.717, 1.165) is 5.56 Å². The topological polar surface area (TPSA) is 49.3 Å². The normalized spacial score (nSPS) is 10.5. The largest absolute Gasteiger partial charge is 0.478 e. The van der Waals surface area contributed by atoms with E-state index < -0.39 is 11.8 Å². The fourth-order valence-electron chi connectivity index (χ4n) is 1.83. The number of nitrogens with one attached hydrogen (secondary N) is 1. The van der Waals surface area contributed by atoms with Gasteiger partial charge in [0.05, 0.1) is 5.56 Å². The van der Waals surface area contributed by atoms with Crippen LogP contribution < -0.4 is 5.32 Å². The first-order valence-electron chi connectivity index (χ1n) is 6.03. The second-order valence-electron chi connectivity index (χ2n) is 4.34. The molecule has 0 unspecified atom stereocenters. The summed E-state index contributed by atoms with van der Waals surface area (Å²) in [5.74, 6) is -1.49. The van der Waals surface area contributed by atoms with Gasteiger partial charge in [-0.2, -0.15) is 0 Å². The standard InChI is InChI=1S/C15H13ClFNO2/c16-13-3-1-2-10(6-13)8-18-9-12-7-11(15(19)20)4-5-14(12)17/h1-7,18H,8-9H2,(H,19,20). The van der Waals surface area contributed by atoms with Crippen molar-refractivity contribution in [3.8, 4) is 0 Å². The second-order valence-corrected chi connectivity index (χ2v) is 4.78. The average Bonchev–Trinajstić information content (AvgIpc) is 2.40. The molecule has 0 amide bonds. The lowest BCUT2D eigenvalue weighted by atomic mass is 10.1. The summed E-state index contributed by atoms with van der Waals surface area (Å²) in [6.07, 6.45) is 0. The Bertz CT molecular complexity index is 631. The third-order valence-electron chi connectivity index (χ3n) is 2.83. The van der Waals surface area contributed by atoms with Crippen LogP contribution in [0.15, 0.2) is 42.5 Å². The van der Waals surface area contributed by atoms with Gasteiger partial charge in [0.1, 0.15) is 5.82 Å². The number of carbonyl (C=O) groups is 1. The van der Waals surface area contributed by atoms with E-state index in [1.165, 1.54) is 18.2 Å². The molecule has 0 radical (unpaired) electrons. The van der Waals surface area contributed by atoms with Crippen molar-refractivity contribution in [1.29, 1.82) is 0 Å².